The molecule has 0 bridgehead atoms. The Bertz CT molecular complexity index is 204. The first-order valence-corrected chi connectivity index (χ1v) is 13.8. The summed E-state index contributed by atoms with van der Waals surface area (Å²) in [4.78, 5) is 2.30. The zero-order chi connectivity index (χ0) is 17.9. The van der Waals surface area contributed by atoms with Crippen LogP contribution in [-0.2, 0) is 0 Å². The smallest absolute Gasteiger partial charge is 0.0412 e. The van der Waals surface area contributed by atoms with Gasteiger partial charge < -0.3 is 4.90 Å². The lowest BCUT2D eigenvalue weighted by atomic mass is 10.0. The molecule has 0 saturated heterocycles. The van der Waals surface area contributed by atoms with Crippen molar-refractivity contribution in [3.63, 3.8) is 0 Å². The lowest BCUT2D eigenvalue weighted by Crippen LogP contribution is -2.12. The minimum atomic E-state index is 0.0405. The molecular weight excluding hydrogens is 306 g/mol. The van der Waals surface area contributed by atoms with Gasteiger partial charge in [0.05, 0.1) is 0 Å². The molecule has 0 rings (SSSR count). The Morgan fingerprint density at radius 1 is 0.458 bits per heavy atom. The van der Waals surface area contributed by atoms with E-state index in [4.69, 9.17) is 0 Å². The van der Waals surface area contributed by atoms with Gasteiger partial charge in [-0.1, -0.05) is 115 Å². The molecule has 0 aromatic rings. The van der Waals surface area contributed by atoms with E-state index in [9.17, 15) is 0 Å². The summed E-state index contributed by atoms with van der Waals surface area (Å²) >= 11 is 0. The highest BCUT2D eigenvalue weighted by Gasteiger charge is 1.97. The Morgan fingerprint density at radius 2 is 0.750 bits per heavy atom. The Balaban J connectivity index is 2.98. The van der Waals surface area contributed by atoms with Gasteiger partial charge in [-0.05, 0) is 27.1 Å². The predicted molar refractivity (Wildman–Crippen MR) is 115 cm³/mol. The van der Waals surface area contributed by atoms with Crippen molar-refractivity contribution >= 4 is 8.80 Å². The SMILES string of the molecule is CN(C)CCCCCCCCCCCCCCCCCC[Si](C)C. The standard InChI is InChI=1S/C22H48NSi/c1-23(2)21-19-17-15-13-11-9-7-5-6-8-10-12-14-16-18-20-22-24(3)4/h5-22H2,1-4H3. The number of rotatable bonds is 19. The van der Waals surface area contributed by atoms with Crippen LogP contribution >= 0.6 is 0 Å². The van der Waals surface area contributed by atoms with Crippen molar-refractivity contribution in [3.8, 4) is 0 Å². The molecule has 0 aromatic heterocycles. The van der Waals surface area contributed by atoms with Crippen LogP contribution in [0.1, 0.15) is 103 Å². The molecule has 0 heterocycles. The fraction of sp³-hybridized carbons (Fsp3) is 1.00. The summed E-state index contributed by atoms with van der Waals surface area (Å²) in [6, 6.07) is 1.53. The maximum Gasteiger partial charge on any atom is 0.0412 e. The highest BCUT2D eigenvalue weighted by atomic mass is 28.3. The lowest BCUT2D eigenvalue weighted by molar-refractivity contribution is 0.389. The van der Waals surface area contributed by atoms with Crippen LogP contribution < -0.4 is 0 Å². The van der Waals surface area contributed by atoms with Crippen molar-refractivity contribution in [2.75, 3.05) is 20.6 Å². The highest BCUT2D eigenvalue weighted by Crippen LogP contribution is 2.14. The molecule has 0 saturated carbocycles. The first kappa shape index (κ1) is 24.2. The van der Waals surface area contributed by atoms with Crippen molar-refractivity contribution in [3.05, 3.63) is 0 Å². The van der Waals surface area contributed by atoms with Gasteiger partial charge in [0, 0.05) is 8.80 Å². The molecule has 0 fully saturated rings. The minimum Gasteiger partial charge on any atom is -0.309 e. The first-order chi connectivity index (χ1) is 11.6. The molecular formula is C22H48NSi. The Kier molecular flexibility index (Phi) is 19.6. The summed E-state index contributed by atoms with van der Waals surface area (Å²) in [5, 5.41) is 0. The van der Waals surface area contributed by atoms with E-state index in [2.05, 4.69) is 32.1 Å². The molecule has 0 aliphatic heterocycles. The van der Waals surface area contributed by atoms with Crippen LogP contribution in [0.4, 0.5) is 0 Å². The van der Waals surface area contributed by atoms with E-state index in [1.165, 1.54) is 115 Å². The minimum absolute atomic E-state index is 0.0405. The van der Waals surface area contributed by atoms with Gasteiger partial charge >= 0.3 is 0 Å². The van der Waals surface area contributed by atoms with Crippen LogP contribution in [0.25, 0.3) is 0 Å². The third-order valence-corrected chi connectivity index (χ3v) is 6.39. The summed E-state index contributed by atoms with van der Waals surface area (Å²) in [6.45, 7) is 6.15. The number of hydrogen-bond donors (Lipinski definition) is 0. The predicted octanol–water partition coefficient (Wildman–Crippen LogP) is 7.54. The fourth-order valence-electron chi connectivity index (χ4n) is 3.38. The molecule has 0 atom stereocenters. The Labute approximate surface area is 156 Å². The first-order valence-electron chi connectivity index (χ1n) is 11.1. The molecule has 0 aliphatic rings. The maximum atomic E-state index is 2.44. The van der Waals surface area contributed by atoms with Crippen molar-refractivity contribution < 1.29 is 0 Å². The van der Waals surface area contributed by atoms with Gasteiger partial charge in [-0.3, -0.25) is 0 Å². The summed E-state index contributed by atoms with van der Waals surface area (Å²) < 4.78 is 0. The van der Waals surface area contributed by atoms with Gasteiger partial charge in [-0.2, -0.15) is 0 Å². The number of unbranched alkanes of at least 4 members (excludes halogenated alkanes) is 15. The third-order valence-electron chi connectivity index (χ3n) is 5.03. The Morgan fingerprint density at radius 3 is 1.04 bits per heavy atom. The van der Waals surface area contributed by atoms with Gasteiger partial charge in [0.25, 0.3) is 0 Å². The molecule has 0 unspecified atom stereocenters. The van der Waals surface area contributed by atoms with Gasteiger partial charge in [0.1, 0.15) is 0 Å². The molecule has 0 aliphatic carbocycles. The molecule has 2 heteroatoms. The van der Waals surface area contributed by atoms with Crippen molar-refractivity contribution in [1.82, 2.24) is 4.90 Å². The van der Waals surface area contributed by atoms with E-state index >= 15 is 0 Å². The van der Waals surface area contributed by atoms with E-state index in [1.54, 1.807) is 0 Å². The molecule has 0 N–H and O–H groups in total. The molecule has 24 heavy (non-hydrogen) atoms. The third kappa shape index (κ3) is 22.2. The zero-order valence-electron chi connectivity index (χ0n) is 17.7. The van der Waals surface area contributed by atoms with Gasteiger partial charge in [-0.25, -0.2) is 0 Å². The molecule has 0 amide bonds. The fourth-order valence-corrected chi connectivity index (χ4v) is 4.34. The average molecular weight is 355 g/mol. The molecule has 145 valence electrons. The lowest BCUT2D eigenvalue weighted by Gasteiger charge is -2.08. The van der Waals surface area contributed by atoms with E-state index in [-0.39, 0.29) is 8.80 Å². The van der Waals surface area contributed by atoms with Crippen molar-refractivity contribution in [2.24, 2.45) is 0 Å². The quantitative estimate of drug-likeness (QED) is 0.171. The topological polar surface area (TPSA) is 3.24 Å². The van der Waals surface area contributed by atoms with Crippen molar-refractivity contribution in [1.29, 1.82) is 0 Å². The van der Waals surface area contributed by atoms with Crippen molar-refractivity contribution in [2.45, 2.75) is 122 Å². The summed E-state index contributed by atoms with van der Waals surface area (Å²) in [7, 11) is 4.39. The summed E-state index contributed by atoms with van der Waals surface area (Å²) in [5.41, 5.74) is 0. The zero-order valence-corrected chi connectivity index (χ0v) is 18.7. The second-order valence-corrected chi connectivity index (χ2v) is 11.3. The monoisotopic (exact) mass is 354 g/mol. The van der Waals surface area contributed by atoms with Crippen LogP contribution in [0.15, 0.2) is 0 Å². The summed E-state index contributed by atoms with van der Waals surface area (Å²) in [5.74, 6) is 0. The van der Waals surface area contributed by atoms with Gasteiger partial charge in [-0.15, -0.1) is 0 Å². The maximum absolute atomic E-state index is 2.44. The van der Waals surface area contributed by atoms with Crippen LogP contribution in [0, 0.1) is 0 Å². The summed E-state index contributed by atoms with van der Waals surface area (Å²) in [6.07, 6.45) is 23.6. The van der Waals surface area contributed by atoms with E-state index in [1.807, 2.05) is 0 Å². The largest absolute Gasteiger partial charge is 0.309 e. The van der Waals surface area contributed by atoms with Gasteiger partial charge in [0.2, 0.25) is 0 Å². The second-order valence-electron chi connectivity index (χ2n) is 8.42. The van der Waals surface area contributed by atoms with Crippen LogP contribution in [-0.4, -0.2) is 34.3 Å². The number of hydrogen-bond acceptors (Lipinski definition) is 1. The number of nitrogens with zero attached hydrogens (tertiary/aromatic N) is 1. The van der Waals surface area contributed by atoms with Crippen LogP contribution in [0.2, 0.25) is 19.1 Å². The molecule has 0 aromatic carbocycles. The van der Waals surface area contributed by atoms with Gasteiger partial charge in [0.15, 0.2) is 0 Å². The molecule has 1 nitrogen and oxygen atoms in total. The van der Waals surface area contributed by atoms with E-state index in [0.29, 0.717) is 0 Å². The molecule has 1 radical (unpaired) electrons. The Hall–Kier alpha value is 0.177. The average Bonchev–Trinajstić information content (AvgIpc) is 2.53. The molecule has 0 spiro atoms. The normalized spacial score (nSPS) is 11.8. The highest BCUT2D eigenvalue weighted by molar-refractivity contribution is 6.55. The van der Waals surface area contributed by atoms with Crippen LogP contribution in [0.5, 0.6) is 0 Å². The van der Waals surface area contributed by atoms with Crippen LogP contribution in [0.3, 0.4) is 0 Å². The van der Waals surface area contributed by atoms with E-state index in [0.717, 1.165) is 0 Å². The second kappa shape index (κ2) is 19.5. The van der Waals surface area contributed by atoms with E-state index < -0.39 is 0 Å².